The summed E-state index contributed by atoms with van der Waals surface area (Å²) < 4.78 is 17.6. The number of aryl methyl sites for hydroxylation is 1. The van der Waals surface area contributed by atoms with Gasteiger partial charge in [-0.2, -0.15) is 5.10 Å². The summed E-state index contributed by atoms with van der Waals surface area (Å²) in [4.78, 5) is 0. The van der Waals surface area contributed by atoms with Crippen LogP contribution in [0.4, 0.5) is 5.82 Å². The lowest BCUT2D eigenvalue weighted by atomic mass is 10.1. The first kappa shape index (κ1) is 10.8. The van der Waals surface area contributed by atoms with Gasteiger partial charge in [0, 0.05) is 18.7 Å². The molecule has 0 atom stereocenters. The third kappa shape index (κ3) is 1.54. The third-order valence-corrected chi connectivity index (χ3v) is 2.87. The molecule has 94 valence electrons. The van der Waals surface area contributed by atoms with Crippen LogP contribution in [0.5, 0.6) is 17.2 Å². The maximum Gasteiger partial charge on any atom is 0.231 e. The number of nitrogens with two attached hydrogens (primary N) is 1. The van der Waals surface area contributed by atoms with Gasteiger partial charge in [-0.05, 0) is 12.1 Å². The van der Waals surface area contributed by atoms with E-state index in [9.17, 15) is 0 Å². The molecule has 0 fully saturated rings. The minimum absolute atomic E-state index is 0.208. The molecular formula is C12H13N3O3. The first-order valence-electron chi connectivity index (χ1n) is 5.46. The average molecular weight is 247 g/mol. The number of hydrogen-bond donors (Lipinski definition) is 1. The lowest BCUT2D eigenvalue weighted by Gasteiger charge is -2.06. The lowest BCUT2D eigenvalue weighted by molar-refractivity contribution is 0.171. The summed E-state index contributed by atoms with van der Waals surface area (Å²) in [6.45, 7) is 0.208. The van der Waals surface area contributed by atoms with Gasteiger partial charge in [0.05, 0.1) is 12.8 Å². The Morgan fingerprint density at radius 1 is 1.33 bits per heavy atom. The van der Waals surface area contributed by atoms with Gasteiger partial charge in [-0.15, -0.1) is 0 Å². The van der Waals surface area contributed by atoms with Crippen LogP contribution in [-0.2, 0) is 7.05 Å². The van der Waals surface area contributed by atoms with E-state index in [-0.39, 0.29) is 6.79 Å². The zero-order valence-electron chi connectivity index (χ0n) is 10.1. The van der Waals surface area contributed by atoms with Gasteiger partial charge in [-0.3, -0.25) is 4.68 Å². The Kier molecular flexibility index (Phi) is 2.29. The van der Waals surface area contributed by atoms with Gasteiger partial charge in [-0.25, -0.2) is 0 Å². The second-order valence-electron chi connectivity index (χ2n) is 3.99. The zero-order valence-corrected chi connectivity index (χ0v) is 10.1. The number of rotatable bonds is 2. The maximum absolute atomic E-state index is 5.77. The minimum Gasteiger partial charge on any atom is -0.493 e. The highest BCUT2D eigenvalue weighted by Crippen LogP contribution is 2.44. The normalized spacial score (nSPS) is 12.8. The summed E-state index contributed by atoms with van der Waals surface area (Å²) in [6, 6.07) is 5.53. The summed E-state index contributed by atoms with van der Waals surface area (Å²) in [5, 5.41) is 4.32. The van der Waals surface area contributed by atoms with Crippen LogP contribution in [-0.4, -0.2) is 23.7 Å². The van der Waals surface area contributed by atoms with Gasteiger partial charge in [0.25, 0.3) is 0 Å². The van der Waals surface area contributed by atoms with Gasteiger partial charge in [0.15, 0.2) is 11.5 Å². The highest BCUT2D eigenvalue weighted by Gasteiger charge is 2.21. The minimum atomic E-state index is 0.208. The smallest absolute Gasteiger partial charge is 0.231 e. The Balaban J connectivity index is 2.13. The number of nitrogen functional groups attached to an aromatic ring is 1. The van der Waals surface area contributed by atoms with E-state index in [1.165, 1.54) is 0 Å². The Morgan fingerprint density at radius 3 is 2.83 bits per heavy atom. The predicted molar refractivity (Wildman–Crippen MR) is 65.7 cm³/mol. The van der Waals surface area contributed by atoms with Crippen molar-refractivity contribution >= 4 is 5.82 Å². The van der Waals surface area contributed by atoms with Crippen molar-refractivity contribution in [1.29, 1.82) is 0 Å². The number of ether oxygens (including phenoxy) is 3. The SMILES string of the molecule is COc1cc(-c2cc(N)n(C)n2)cc2c1OCO2. The molecule has 2 aromatic rings. The third-order valence-electron chi connectivity index (χ3n) is 2.87. The molecule has 0 unspecified atom stereocenters. The first-order chi connectivity index (χ1) is 8.69. The van der Waals surface area contributed by atoms with E-state index in [0.717, 1.165) is 11.3 Å². The van der Waals surface area contributed by atoms with Gasteiger partial charge in [-0.1, -0.05) is 0 Å². The Bertz CT molecular complexity index is 587. The van der Waals surface area contributed by atoms with Crippen molar-refractivity contribution < 1.29 is 14.2 Å². The number of aromatic nitrogens is 2. The Hall–Kier alpha value is -2.37. The number of nitrogens with zero attached hydrogens (tertiary/aromatic N) is 2. The molecule has 1 aromatic heterocycles. The fourth-order valence-corrected chi connectivity index (χ4v) is 1.90. The summed E-state index contributed by atoms with van der Waals surface area (Å²) in [5.41, 5.74) is 7.42. The highest BCUT2D eigenvalue weighted by molar-refractivity contribution is 5.70. The molecule has 3 rings (SSSR count). The van der Waals surface area contributed by atoms with Crippen LogP contribution >= 0.6 is 0 Å². The van der Waals surface area contributed by atoms with E-state index in [2.05, 4.69) is 5.10 Å². The number of anilines is 1. The number of benzene rings is 1. The Morgan fingerprint density at radius 2 is 2.17 bits per heavy atom. The van der Waals surface area contributed by atoms with Crippen molar-refractivity contribution in [3.05, 3.63) is 18.2 Å². The topological polar surface area (TPSA) is 71.5 Å². The van der Waals surface area contributed by atoms with Crippen molar-refractivity contribution in [1.82, 2.24) is 9.78 Å². The van der Waals surface area contributed by atoms with Gasteiger partial charge in [0.1, 0.15) is 5.82 Å². The van der Waals surface area contributed by atoms with E-state index in [4.69, 9.17) is 19.9 Å². The second kappa shape index (κ2) is 3.83. The molecule has 6 heteroatoms. The molecule has 0 saturated carbocycles. The van der Waals surface area contributed by atoms with E-state index in [1.807, 2.05) is 12.1 Å². The van der Waals surface area contributed by atoms with E-state index in [1.54, 1.807) is 24.9 Å². The van der Waals surface area contributed by atoms with Crippen LogP contribution in [0.25, 0.3) is 11.3 Å². The molecule has 0 saturated heterocycles. The van der Waals surface area contributed by atoms with Crippen molar-refractivity contribution in [2.45, 2.75) is 0 Å². The fourth-order valence-electron chi connectivity index (χ4n) is 1.90. The fraction of sp³-hybridized carbons (Fsp3) is 0.250. The molecule has 18 heavy (non-hydrogen) atoms. The van der Waals surface area contributed by atoms with Crippen molar-refractivity contribution in [3.8, 4) is 28.5 Å². The first-order valence-corrected chi connectivity index (χ1v) is 5.46. The van der Waals surface area contributed by atoms with E-state index >= 15 is 0 Å². The van der Waals surface area contributed by atoms with Crippen LogP contribution in [0.15, 0.2) is 18.2 Å². The van der Waals surface area contributed by atoms with Crippen LogP contribution in [0.2, 0.25) is 0 Å². The average Bonchev–Trinajstić information content (AvgIpc) is 2.95. The lowest BCUT2D eigenvalue weighted by Crippen LogP contribution is -1.96. The molecule has 1 aromatic carbocycles. The second-order valence-corrected chi connectivity index (χ2v) is 3.99. The van der Waals surface area contributed by atoms with Crippen LogP contribution in [0.3, 0.4) is 0 Å². The Labute approximate surface area is 104 Å². The molecule has 2 N–H and O–H groups in total. The van der Waals surface area contributed by atoms with Gasteiger partial charge < -0.3 is 19.9 Å². The van der Waals surface area contributed by atoms with Crippen molar-refractivity contribution in [2.75, 3.05) is 19.6 Å². The molecule has 0 bridgehead atoms. The largest absolute Gasteiger partial charge is 0.493 e. The quantitative estimate of drug-likeness (QED) is 0.868. The molecule has 0 radical (unpaired) electrons. The molecule has 0 amide bonds. The molecule has 2 heterocycles. The summed E-state index contributed by atoms with van der Waals surface area (Å²) in [5.74, 6) is 2.52. The highest BCUT2D eigenvalue weighted by atomic mass is 16.7. The van der Waals surface area contributed by atoms with E-state index < -0.39 is 0 Å². The molecule has 0 aliphatic carbocycles. The maximum atomic E-state index is 5.77. The molecule has 0 spiro atoms. The zero-order chi connectivity index (χ0) is 12.7. The van der Waals surface area contributed by atoms with Gasteiger partial charge in [0.2, 0.25) is 12.5 Å². The molecule has 1 aliphatic rings. The van der Waals surface area contributed by atoms with Crippen LogP contribution in [0, 0.1) is 0 Å². The molecular weight excluding hydrogens is 234 g/mol. The molecule has 6 nitrogen and oxygen atoms in total. The van der Waals surface area contributed by atoms with Gasteiger partial charge >= 0.3 is 0 Å². The summed E-state index contributed by atoms with van der Waals surface area (Å²) >= 11 is 0. The van der Waals surface area contributed by atoms with Crippen LogP contribution < -0.4 is 19.9 Å². The number of methoxy groups -OCH3 is 1. The predicted octanol–water partition coefficient (Wildman–Crippen LogP) is 1.41. The van der Waals surface area contributed by atoms with Crippen LogP contribution in [0.1, 0.15) is 0 Å². The molecule has 1 aliphatic heterocycles. The standard InChI is InChI=1S/C12H13N3O3/c1-15-11(13)5-8(14-15)7-3-9(16-2)12-10(4-7)17-6-18-12/h3-5H,6,13H2,1-2H3. The number of hydrogen-bond acceptors (Lipinski definition) is 5. The van der Waals surface area contributed by atoms with Crippen molar-refractivity contribution in [3.63, 3.8) is 0 Å². The number of fused-ring (bicyclic) bond motifs is 1. The van der Waals surface area contributed by atoms with Crippen molar-refractivity contribution in [2.24, 2.45) is 7.05 Å². The summed E-state index contributed by atoms with van der Waals surface area (Å²) in [7, 11) is 3.39. The summed E-state index contributed by atoms with van der Waals surface area (Å²) in [6.07, 6.45) is 0. The van der Waals surface area contributed by atoms with E-state index in [0.29, 0.717) is 23.1 Å². The monoisotopic (exact) mass is 247 g/mol.